The van der Waals surface area contributed by atoms with Gasteiger partial charge in [0.15, 0.2) is 11.5 Å². The standard InChI is InChI=1S/C9H11NO5/c10-7(9(14)15)8(13)4-1-2-5(11)6(12)3-4/h1-3,7-8,11-13H,10H2,(H,14,15)/t7-,8-/m1/s1/i7D,8D. The maximum absolute atomic E-state index is 10.7. The van der Waals surface area contributed by atoms with Crippen molar-refractivity contribution in [2.75, 3.05) is 0 Å². The summed E-state index contributed by atoms with van der Waals surface area (Å²) in [6, 6.07) is -0.318. The summed E-state index contributed by atoms with van der Waals surface area (Å²) in [5.74, 6) is -3.07. The van der Waals surface area contributed by atoms with E-state index in [1.54, 1.807) is 0 Å². The van der Waals surface area contributed by atoms with Crippen LogP contribution in [0.3, 0.4) is 0 Å². The van der Waals surface area contributed by atoms with Gasteiger partial charge in [-0.15, -0.1) is 0 Å². The normalized spacial score (nSPS) is 20.7. The van der Waals surface area contributed by atoms with E-state index in [0.717, 1.165) is 18.2 Å². The molecule has 1 rings (SSSR count). The zero-order valence-corrected chi connectivity index (χ0v) is 7.51. The number of hydrogen-bond acceptors (Lipinski definition) is 5. The Balaban J connectivity index is 3.30. The highest BCUT2D eigenvalue weighted by Gasteiger charge is 2.24. The number of rotatable bonds is 3. The molecule has 0 radical (unpaired) electrons. The Morgan fingerprint density at radius 3 is 2.47 bits per heavy atom. The van der Waals surface area contributed by atoms with Gasteiger partial charge in [-0.05, 0) is 17.7 Å². The van der Waals surface area contributed by atoms with Crippen molar-refractivity contribution in [2.45, 2.75) is 12.1 Å². The Labute approximate surface area is 88.0 Å². The molecule has 6 N–H and O–H groups in total. The SMILES string of the molecule is [2H][C@](N)(C(=O)O)[C@]([2H])(O)c1ccc(O)c(O)c1. The van der Waals surface area contributed by atoms with E-state index in [0.29, 0.717) is 0 Å². The predicted molar refractivity (Wildman–Crippen MR) is 50.3 cm³/mol. The number of nitrogens with two attached hydrogens (primary N) is 1. The highest BCUT2D eigenvalue weighted by atomic mass is 16.4. The van der Waals surface area contributed by atoms with Gasteiger partial charge in [-0.2, -0.15) is 0 Å². The number of aromatic hydroxyl groups is 2. The average Bonchev–Trinajstić information content (AvgIpc) is 2.21. The molecule has 0 heterocycles. The second-order valence-corrected chi connectivity index (χ2v) is 2.77. The van der Waals surface area contributed by atoms with E-state index in [4.69, 9.17) is 18.7 Å². The smallest absolute Gasteiger partial charge is 0.323 e. The largest absolute Gasteiger partial charge is 0.504 e. The Morgan fingerprint density at radius 1 is 1.40 bits per heavy atom. The molecular formula is C9H11NO5. The fourth-order valence-electron chi connectivity index (χ4n) is 0.928. The lowest BCUT2D eigenvalue weighted by Gasteiger charge is -2.15. The average molecular weight is 215 g/mol. The molecule has 1 aromatic rings. The van der Waals surface area contributed by atoms with Gasteiger partial charge in [0.25, 0.3) is 0 Å². The van der Waals surface area contributed by atoms with Crippen LogP contribution in [0.15, 0.2) is 18.2 Å². The van der Waals surface area contributed by atoms with Crippen LogP contribution < -0.4 is 5.73 Å². The van der Waals surface area contributed by atoms with Gasteiger partial charge in [0.1, 0.15) is 12.1 Å². The molecule has 6 heteroatoms. The second kappa shape index (κ2) is 4.16. The molecular weight excluding hydrogens is 202 g/mol. The minimum Gasteiger partial charge on any atom is -0.504 e. The first-order valence-electron chi connectivity index (χ1n) is 4.88. The molecule has 0 amide bonds. The molecule has 82 valence electrons. The van der Waals surface area contributed by atoms with Gasteiger partial charge in [-0.1, -0.05) is 6.07 Å². The number of carboxylic acid groups (broad SMARTS) is 1. The topological polar surface area (TPSA) is 124 Å². The third kappa shape index (κ3) is 2.36. The number of benzene rings is 1. The van der Waals surface area contributed by atoms with Gasteiger partial charge >= 0.3 is 5.97 Å². The molecule has 0 saturated heterocycles. The van der Waals surface area contributed by atoms with Crippen molar-refractivity contribution in [1.82, 2.24) is 0 Å². The number of carbonyl (C=O) groups is 1. The molecule has 2 atom stereocenters. The lowest BCUT2D eigenvalue weighted by atomic mass is 10.0. The van der Waals surface area contributed by atoms with Crippen molar-refractivity contribution < 1.29 is 28.0 Å². The van der Waals surface area contributed by atoms with Crippen LogP contribution in [0.1, 0.15) is 14.4 Å². The summed E-state index contributed by atoms with van der Waals surface area (Å²) in [5.41, 5.74) is 4.62. The molecule has 0 fully saturated rings. The van der Waals surface area contributed by atoms with Gasteiger partial charge in [0.2, 0.25) is 0 Å². The van der Waals surface area contributed by atoms with E-state index in [1.807, 2.05) is 0 Å². The van der Waals surface area contributed by atoms with Gasteiger partial charge in [-0.3, -0.25) is 4.79 Å². The van der Waals surface area contributed by atoms with Crippen LogP contribution in [0.5, 0.6) is 11.5 Å². The molecule has 0 spiro atoms. The summed E-state index contributed by atoms with van der Waals surface area (Å²) >= 11 is 0. The molecule has 0 aliphatic rings. The number of aliphatic hydroxyl groups is 1. The van der Waals surface area contributed by atoms with Crippen molar-refractivity contribution in [3.8, 4) is 11.5 Å². The van der Waals surface area contributed by atoms with E-state index in [1.165, 1.54) is 0 Å². The maximum Gasteiger partial charge on any atom is 0.323 e. The van der Waals surface area contributed by atoms with Crippen molar-refractivity contribution in [2.24, 2.45) is 5.73 Å². The summed E-state index contributed by atoms with van der Waals surface area (Å²) in [5, 5.41) is 36.5. The molecule has 6 nitrogen and oxygen atoms in total. The summed E-state index contributed by atoms with van der Waals surface area (Å²) < 4.78 is 14.7. The molecule has 0 bridgehead atoms. The maximum atomic E-state index is 10.7. The van der Waals surface area contributed by atoms with Gasteiger partial charge in [-0.25, -0.2) is 0 Å². The monoisotopic (exact) mass is 215 g/mol. The molecule has 0 saturated carbocycles. The van der Waals surface area contributed by atoms with Crippen LogP contribution in [0.25, 0.3) is 0 Å². The number of phenolic OH excluding ortho intramolecular Hbond substituents is 2. The summed E-state index contributed by atoms with van der Waals surface area (Å²) in [6.45, 7) is 0. The molecule has 1 aromatic carbocycles. The Kier molecular flexibility index (Phi) is 2.36. The van der Waals surface area contributed by atoms with Crippen molar-refractivity contribution in [1.29, 1.82) is 0 Å². The van der Waals surface area contributed by atoms with Crippen LogP contribution in [-0.2, 0) is 4.79 Å². The molecule has 0 aliphatic heterocycles. The van der Waals surface area contributed by atoms with Gasteiger partial charge in [0.05, 0.1) is 2.74 Å². The highest BCUT2D eigenvalue weighted by molar-refractivity contribution is 5.74. The Morgan fingerprint density at radius 2 is 2.00 bits per heavy atom. The Hall–Kier alpha value is -1.79. The zero-order chi connectivity index (χ0) is 13.4. The first kappa shape index (κ1) is 8.51. The van der Waals surface area contributed by atoms with Crippen molar-refractivity contribution >= 4 is 5.97 Å². The minimum absolute atomic E-state index is 0.423. The third-order valence-electron chi connectivity index (χ3n) is 1.73. The fourth-order valence-corrected chi connectivity index (χ4v) is 0.928. The van der Waals surface area contributed by atoms with Crippen LogP contribution in [-0.4, -0.2) is 32.4 Å². The van der Waals surface area contributed by atoms with Crippen molar-refractivity contribution in [3.05, 3.63) is 23.8 Å². The first-order valence-corrected chi connectivity index (χ1v) is 3.88. The summed E-state index contributed by atoms with van der Waals surface area (Å²) in [7, 11) is 0. The number of hydrogen-bond donors (Lipinski definition) is 5. The molecule has 15 heavy (non-hydrogen) atoms. The van der Waals surface area contributed by atoms with Gasteiger partial charge in [0, 0.05) is 0 Å². The third-order valence-corrected chi connectivity index (χ3v) is 1.73. The van der Waals surface area contributed by atoms with Crippen LogP contribution in [0.2, 0.25) is 0 Å². The number of phenols is 2. The van der Waals surface area contributed by atoms with Crippen LogP contribution in [0, 0.1) is 0 Å². The van der Waals surface area contributed by atoms with E-state index in [-0.39, 0.29) is 0 Å². The minimum atomic E-state index is -3.02. The number of carboxylic acids is 1. The van der Waals surface area contributed by atoms with E-state index >= 15 is 0 Å². The molecule has 0 aromatic heterocycles. The van der Waals surface area contributed by atoms with E-state index in [2.05, 4.69) is 0 Å². The van der Waals surface area contributed by atoms with E-state index < -0.39 is 35.1 Å². The predicted octanol–water partition coefficient (Wildman–Crippen LogP) is -0.457. The summed E-state index contributed by atoms with van der Waals surface area (Å²) in [4.78, 5) is 10.7. The number of aliphatic carboxylic acids is 1. The molecule has 0 aliphatic carbocycles. The highest BCUT2D eigenvalue weighted by Crippen LogP contribution is 2.28. The fraction of sp³-hybridized carbons (Fsp3) is 0.222. The zero-order valence-electron chi connectivity index (χ0n) is 9.51. The lowest BCUT2D eigenvalue weighted by molar-refractivity contribution is -0.141. The molecule has 0 unspecified atom stereocenters. The Bertz CT molecular complexity index is 461. The van der Waals surface area contributed by atoms with Gasteiger partial charge < -0.3 is 26.2 Å². The second-order valence-electron chi connectivity index (χ2n) is 2.77. The van der Waals surface area contributed by atoms with Crippen LogP contribution >= 0.6 is 0 Å². The lowest BCUT2D eigenvalue weighted by Crippen LogP contribution is -2.36. The summed E-state index contributed by atoms with van der Waals surface area (Å²) in [6.07, 6.45) is -2.98. The van der Waals surface area contributed by atoms with Crippen LogP contribution in [0.4, 0.5) is 0 Å². The quantitative estimate of drug-likeness (QED) is 0.435. The first-order chi connectivity index (χ1) is 7.60. The van der Waals surface area contributed by atoms with Crippen molar-refractivity contribution in [3.63, 3.8) is 0 Å². The van der Waals surface area contributed by atoms with E-state index in [9.17, 15) is 15.0 Å².